The van der Waals surface area contributed by atoms with E-state index in [1.165, 1.54) is 12.4 Å². The second-order valence-electron chi connectivity index (χ2n) is 3.35. The Labute approximate surface area is 86.5 Å². The van der Waals surface area contributed by atoms with Crippen LogP contribution in [0.15, 0.2) is 17.2 Å². The summed E-state index contributed by atoms with van der Waals surface area (Å²) < 4.78 is 5.22. The number of nitrogens with one attached hydrogen (secondary N) is 1. The molecule has 2 N–H and O–H groups in total. The van der Waals surface area contributed by atoms with Gasteiger partial charge in [0.2, 0.25) is 0 Å². The van der Waals surface area contributed by atoms with Gasteiger partial charge in [0.15, 0.2) is 5.82 Å². The van der Waals surface area contributed by atoms with Crippen LogP contribution in [0.1, 0.15) is 0 Å². The van der Waals surface area contributed by atoms with Crippen LogP contribution in [0.25, 0.3) is 0 Å². The van der Waals surface area contributed by atoms with Gasteiger partial charge < -0.3 is 19.7 Å². The van der Waals surface area contributed by atoms with Crippen molar-refractivity contribution in [3.8, 4) is 0 Å². The second kappa shape index (κ2) is 4.41. The van der Waals surface area contributed by atoms with Crippen molar-refractivity contribution in [2.45, 2.75) is 6.04 Å². The third-order valence-electron chi connectivity index (χ3n) is 2.40. The number of hydrogen-bond acceptors (Lipinski definition) is 5. The molecule has 2 heterocycles. The summed E-state index contributed by atoms with van der Waals surface area (Å²) >= 11 is 0. The number of aromatic amines is 1. The molecule has 1 unspecified atom stereocenters. The average molecular weight is 211 g/mol. The maximum absolute atomic E-state index is 11.5. The lowest BCUT2D eigenvalue weighted by atomic mass is 10.2. The van der Waals surface area contributed by atoms with Crippen molar-refractivity contribution in [2.75, 3.05) is 31.3 Å². The summed E-state index contributed by atoms with van der Waals surface area (Å²) in [5.41, 5.74) is -0.238. The molecule has 1 fully saturated rings. The van der Waals surface area contributed by atoms with E-state index in [0.29, 0.717) is 25.6 Å². The highest BCUT2D eigenvalue weighted by Crippen LogP contribution is 2.11. The monoisotopic (exact) mass is 211 g/mol. The Morgan fingerprint density at radius 1 is 1.73 bits per heavy atom. The van der Waals surface area contributed by atoms with Crippen LogP contribution in [-0.4, -0.2) is 47.5 Å². The normalized spacial score (nSPS) is 21.7. The van der Waals surface area contributed by atoms with Crippen LogP contribution in [0.4, 0.5) is 5.82 Å². The highest BCUT2D eigenvalue weighted by molar-refractivity contribution is 5.37. The van der Waals surface area contributed by atoms with Crippen LogP contribution in [0.3, 0.4) is 0 Å². The van der Waals surface area contributed by atoms with Crippen LogP contribution in [-0.2, 0) is 4.74 Å². The third kappa shape index (κ3) is 2.00. The molecule has 82 valence electrons. The van der Waals surface area contributed by atoms with E-state index in [0.717, 1.165) is 0 Å². The lowest BCUT2D eigenvalue weighted by Crippen LogP contribution is -2.49. The van der Waals surface area contributed by atoms with Crippen LogP contribution >= 0.6 is 0 Å². The summed E-state index contributed by atoms with van der Waals surface area (Å²) in [5.74, 6) is 0.347. The van der Waals surface area contributed by atoms with Crippen LogP contribution in [0, 0.1) is 0 Å². The summed E-state index contributed by atoms with van der Waals surface area (Å²) in [6.07, 6.45) is 3.01. The Hall–Kier alpha value is -1.40. The molecule has 1 aromatic rings. The van der Waals surface area contributed by atoms with Gasteiger partial charge in [-0.1, -0.05) is 0 Å². The predicted molar refractivity (Wildman–Crippen MR) is 53.9 cm³/mol. The van der Waals surface area contributed by atoms with Crippen molar-refractivity contribution in [1.82, 2.24) is 9.97 Å². The molecular weight excluding hydrogens is 198 g/mol. The maximum Gasteiger partial charge on any atom is 0.290 e. The molecule has 2 rings (SSSR count). The first kappa shape index (κ1) is 10.1. The fourth-order valence-electron chi connectivity index (χ4n) is 1.63. The van der Waals surface area contributed by atoms with Gasteiger partial charge in [-0.15, -0.1) is 0 Å². The summed E-state index contributed by atoms with van der Waals surface area (Å²) in [7, 11) is 0. The molecule has 0 aromatic carbocycles. The van der Waals surface area contributed by atoms with E-state index in [1.54, 1.807) is 4.90 Å². The van der Waals surface area contributed by atoms with E-state index in [9.17, 15) is 4.79 Å². The van der Waals surface area contributed by atoms with E-state index in [4.69, 9.17) is 9.84 Å². The Morgan fingerprint density at radius 3 is 3.33 bits per heavy atom. The van der Waals surface area contributed by atoms with Gasteiger partial charge in [0.1, 0.15) is 0 Å². The molecule has 0 saturated carbocycles. The van der Waals surface area contributed by atoms with Gasteiger partial charge in [-0.05, 0) is 0 Å². The number of H-pyrrole nitrogens is 1. The van der Waals surface area contributed by atoms with E-state index in [-0.39, 0.29) is 18.2 Å². The fraction of sp³-hybridized carbons (Fsp3) is 0.556. The van der Waals surface area contributed by atoms with Gasteiger partial charge in [0.25, 0.3) is 5.56 Å². The Kier molecular flexibility index (Phi) is 2.98. The third-order valence-corrected chi connectivity index (χ3v) is 2.40. The van der Waals surface area contributed by atoms with Gasteiger partial charge in [-0.25, -0.2) is 4.98 Å². The van der Waals surface area contributed by atoms with Crippen molar-refractivity contribution in [3.05, 3.63) is 22.7 Å². The molecule has 15 heavy (non-hydrogen) atoms. The first-order chi connectivity index (χ1) is 7.33. The van der Waals surface area contributed by atoms with Crippen LogP contribution < -0.4 is 10.5 Å². The van der Waals surface area contributed by atoms with E-state index >= 15 is 0 Å². The molecule has 1 saturated heterocycles. The van der Waals surface area contributed by atoms with Gasteiger partial charge in [0.05, 0.1) is 25.9 Å². The molecule has 1 aliphatic rings. The molecule has 0 spiro atoms. The second-order valence-corrected chi connectivity index (χ2v) is 3.35. The van der Waals surface area contributed by atoms with Crippen LogP contribution in [0.5, 0.6) is 0 Å². The zero-order valence-corrected chi connectivity index (χ0v) is 8.22. The largest absolute Gasteiger partial charge is 0.394 e. The summed E-state index contributed by atoms with van der Waals surface area (Å²) in [6, 6.07) is -0.185. The maximum atomic E-state index is 11.5. The first-order valence-corrected chi connectivity index (χ1v) is 4.82. The SMILES string of the molecule is O=c1[nH]ccnc1N1CCOCC1CO. The lowest BCUT2D eigenvalue weighted by molar-refractivity contribution is 0.0721. The van der Waals surface area contributed by atoms with Crippen LogP contribution in [0.2, 0.25) is 0 Å². The highest BCUT2D eigenvalue weighted by atomic mass is 16.5. The quantitative estimate of drug-likeness (QED) is 0.653. The zero-order valence-electron chi connectivity index (χ0n) is 8.22. The number of nitrogens with zero attached hydrogens (tertiary/aromatic N) is 2. The van der Waals surface area contributed by atoms with Gasteiger partial charge >= 0.3 is 0 Å². The summed E-state index contributed by atoms with van der Waals surface area (Å²) in [4.78, 5) is 19.9. The number of anilines is 1. The lowest BCUT2D eigenvalue weighted by Gasteiger charge is -2.34. The van der Waals surface area contributed by atoms with Crippen molar-refractivity contribution >= 4 is 5.82 Å². The number of aromatic nitrogens is 2. The molecule has 1 aliphatic heterocycles. The van der Waals surface area contributed by atoms with Crippen molar-refractivity contribution in [3.63, 3.8) is 0 Å². The first-order valence-electron chi connectivity index (χ1n) is 4.82. The molecule has 0 amide bonds. The smallest absolute Gasteiger partial charge is 0.290 e. The number of aliphatic hydroxyl groups is 1. The minimum Gasteiger partial charge on any atom is -0.394 e. The molecule has 6 nitrogen and oxygen atoms in total. The standard InChI is InChI=1S/C9H13N3O3/c13-5-7-6-15-4-3-12(7)8-9(14)11-2-1-10-8/h1-2,7,13H,3-6H2,(H,11,14). The topological polar surface area (TPSA) is 78.5 Å². The fourth-order valence-corrected chi connectivity index (χ4v) is 1.63. The van der Waals surface area contributed by atoms with E-state index in [2.05, 4.69) is 9.97 Å². The average Bonchev–Trinajstić information content (AvgIpc) is 2.30. The van der Waals surface area contributed by atoms with Crippen molar-refractivity contribution in [2.24, 2.45) is 0 Å². The number of aliphatic hydroxyl groups excluding tert-OH is 1. The molecule has 0 radical (unpaired) electrons. The number of ether oxygens (including phenoxy) is 1. The Morgan fingerprint density at radius 2 is 2.60 bits per heavy atom. The van der Waals surface area contributed by atoms with Crippen molar-refractivity contribution < 1.29 is 9.84 Å². The number of rotatable bonds is 2. The Balaban J connectivity index is 2.28. The molecule has 1 atom stereocenters. The minimum absolute atomic E-state index is 0.0456. The van der Waals surface area contributed by atoms with Gasteiger partial charge in [-0.2, -0.15) is 0 Å². The molecule has 0 bridgehead atoms. The van der Waals surface area contributed by atoms with E-state index in [1.807, 2.05) is 0 Å². The zero-order chi connectivity index (χ0) is 10.7. The number of hydrogen-bond donors (Lipinski definition) is 2. The van der Waals surface area contributed by atoms with Gasteiger partial charge in [-0.3, -0.25) is 4.79 Å². The molecule has 0 aliphatic carbocycles. The summed E-state index contributed by atoms with van der Waals surface area (Å²) in [6.45, 7) is 1.50. The van der Waals surface area contributed by atoms with E-state index < -0.39 is 0 Å². The minimum atomic E-state index is -0.238. The molecule has 1 aromatic heterocycles. The van der Waals surface area contributed by atoms with Gasteiger partial charge in [0, 0.05) is 18.9 Å². The Bertz CT molecular complexity index is 379. The molecule has 6 heteroatoms. The summed E-state index contributed by atoms with van der Waals surface area (Å²) in [5, 5.41) is 9.15. The highest BCUT2D eigenvalue weighted by Gasteiger charge is 2.25. The molecular formula is C9H13N3O3. The predicted octanol–water partition coefficient (Wildman–Crippen LogP) is -1.03. The number of morpholine rings is 1. The van der Waals surface area contributed by atoms with Crippen molar-refractivity contribution in [1.29, 1.82) is 0 Å².